The number of fused-ring (bicyclic) bond motifs is 2. The normalized spacial score (nSPS) is 29.6. The smallest absolute Gasteiger partial charge is 0.259 e. The highest BCUT2D eigenvalue weighted by Gasteiger charge is 2.49. The number of hydrogen-bond donors (Lipinski definition) is 1. The second-order valence-corrected chi connectivity index (χ2v) is 4.92. The van der Waals surface area contributed by atoms with Crippen LogP contribution in [0.5, 0.6) is 0 Å². The second-order valence-electron chi connectivity index (χ2n) is 4.44. The molecule has 2 N–H and O–H groups in total. The molecule has 0 aromatic heterocycles. The molecule has 94 valence electrons. The van der Waals surface area contributed by atoms with Crippen LogP contribution >= 0.6 is 12.2 Å². The monoisotopic (exact) mass is 256 g/mol. The number of carbonyl (C=O) groups excluding carboxylic acids is 2. The van der Waals surface area contributed by atoms with Crippen LogP contribution in [0.2, 0.25) is 0 Å². The number of hydrogen-bond acceptors (Lipinski definition) is 4. The van der Waals surface area contributed by atoms with Crippen molar-refractivity contribution >= 4 is 29.0 Å². The minimum Gasteiger partial charge on any atom is -0.392 e. The van der Waals surface area contributed by atoms with Gasteiger partial charge in [0.15, 0.2) is 0 Å². The van der Waals surface area contributed by atoms with Gasteiger partial charge in [-0.15, -0.1) is 0 Å². The van der Waals surface area contributed by atoms with E-state index in [1.807, 2.05) is 6.92 Å². The molecule has 2 rings (SSSR count). The topological polar surface area (TPSA) is 72.6 Å². The summed E-state index contributed by atoms with van der Waals surface area (Å²) in [5, 5.41) is 0. The van der Waals surface area contributed by atoms with Gasteiger partial charge in [-0.1, -0.05) is 25.6 Å². The molecule has 2 heterocycles. The number of ether oxygens (including phenoxy) is 1. The number of thiocarbonyl (C=S) groups is 1. The summed E-state index contributed by atoms with van der Waals surface area (Å²) in [5.41, 5.74) is 5.63. The molecule has 2 bridgehead atoms. The van der Waals surface area contributed by atoms with E-state index in [-0.39, 0.29) is 16.8 Å². The third-order valence-corrected chi connectivity index (χ3v) is 3.52. The first-order valence-electron chi connectivity index (χ1n) is 5.88. The van der Waals surface area contributed by atoms with E-state index >= 15 is 0 Å². The summed E-state index contributed by atoms with van der Waals surface area (Å²) in [6, 6.07) is -0.456. The van der Waals surface area contributed by atoms with E-state index in [9.17, 15) is 9.59 Å². The quantitative estimate of drug-likeness (QED) is 0.580. The van der Waals surface area contributed by atoms with Crippen LogP contribution in [0.4, 0.5) is 0 Å². The average Bonchev–Trinajstić information content (AvgIpc) is 2.72. The van der Waals surface area contributed by atoms with Crippen LogP contribution in [-0.2, 0) is 14.3 Å². The van der Waals surface area contributed by atoms with Crippen molar-refractivity contribution in [3.8, 4) is 0 Å². The summed E-state index contributed by atoms with van der Waals surface area (Å²) in [5.74, 6) is -0.565. The summed E-state index contributed by atoms with van der Waals surface area (Å²) in [6.07, 6.45) is 1.70. The zero-order chi connectivity index (χ0) is 12.6. The summed E-state index contributed by atoms with van der Waals surface area (Å²) >= 11 is 4.96. The molecule has 0 aromatic rings. The van der Waals surface area contributed by atoms with Gasteiger partial charge in [0.1, 0.15) is 12.2 Å². The Hall–Kier alpha value is -1.01. The summed E-state index contributed by atoms with van der Waals surface area (Å²) in [6.45, 7) is 1.97. The fourth-order valence-corrected chi connectivity index (χ4v) is 2.62. The van der Waals surface area contributed by atoms with Gasteiger partial charge < -0.3 is 10.5 Å². The third-order valence-electron chi connectivity index (χ3n) is 3.25. The fraction of sp³-hybridized carbons (Fsp3) is 0.727. The first-order valence-corrected chi connectivity index (χ1v) is 6.28. The van der Waals surface area contributed by atoms with E-state index in [4.69, 9.17) is 22.7 Å². The van der Waals surface area contributed by atoms with Crippen molar-refractivity contribution in [2.45, 2.75) is 50.9 Å². The van der Waals surface area contributed by atoms with Gasteiger partial charge in [-0.05, 0) is 19.3 Å². The van der Waals surface area contributed by atoms with Crippen molar-refractivity contribution in [2.75, 3.05) is 0 Å². The molecule has 2 aliphatic rings. The largest absolute Gasteiger partial charge is 0.392 e. The van der Waals surface area contributed by atoms with Crippen LogP contribution in [-0.4, -0.2) is 40.0 Å². The molecule has 2 fully saturated rings. The number of nitrogens with two attached hydrogens (primary N) is 1. The summed E-state index contributed by atoms with van der Waals surface area (Å²) in [4.78, 5) is 25.6. The molecular weight excluding hydrogens is 240 g/mol. The van der Waals surface area contributed by atoms with E-state index < -0.39 is 18.2 Å². The summed E-state index contributed by atoms with van der Waals surface area (Å²) in [7, 11) is 0. The third kappa shape index (κ3) is 2.07. The van der Waals surface area contributed by atoms with Gasteiger partial charge in [-0.2, -0.15) is 0 Å². The van der Waals surface area contributed by atoms with Crippen LogP contribution in [0.3, 0.4) is 0 Å². The van der Waals surface area contributed by atoms with Crippen molar-refractivity contribution in [3.63, 3.8) is 0 Å². The Morgan fingerprint density at radius 3 is 2.41 bits per heavy atom. The van der Waals surface area contributed by atoms with Crippen molar-refractivity contribution in [3.05, 3.63) is 0 Å². The van der Waals surface area contributed by atoms with Crippen LogP contribution in [0, 0.1) is 0 Å². The highest BCUT2D eigenvalue weighted by atomic mass is 32.1. The lowest BCUT2D eigenvalue weighted by atomic mass is 10.1. The minimum absolute atomic E-state index is 0.204. The van der Waals surface area contributed by atoms with Crippen LogP contribution in [0.25, 0.3) is 0 Å². The minimum atomic E-state index is -0.480. The molecule has 2 amide bonds. The zero-order valence-corrected chi connectivity index (χ0v) is 10.5. The highest BCUT2D eigenvalue weighted by molar-refractivity contribution is 7.80. The highest BCUT2D eigenvalue weighted by Crippen LogP contribution is 2.30. The van der Waals surface area contributed by atoms with Crippen LogP contribution in [0.15, 0.2) is 0 Å². The predicted molar refractivity (Wildman–Crippen MR) is 65.2 cm³/mol. The van der Waals surface area contributed by atoms with E-state index in [2.05, 4.69) is 0 Å². The Labute approximate surface area is 105 Å². The van der Waals surface area contributed by atoms with Crippen LogP contribution < -0.4 is 5.73 Å². The second kappa shape index (κ2) is 4.70. The number of morpholine rings is 1. The van der Waals surface area contributed by atoms with Crippen molar-refractivity contribution in [1.29, 1.82) is 0 Å². The molecule has 0 saturated carbocycles. The molecule has 5 nitrogen and oxygen atoms in total. The SMILES string of the molecule is CCCC(C(N)=S)N1C(=O)C2CCC(O2)C1=O. The zero-order valence-electron chi connectivity index (χ0n) is 9.72. The number of rotatable bonds is 4. The van der Waals surface area contributed by atoms with E-state index in [0.717, 1.165) is 6.42 Å². The fourth-order valence-electron chi connectivity index (χ4n) is 2.40. The Balaban J connectivity index is 2.25. The van der Waals surface area contributed by atoms with E-state index in [1.165, 1.54) is 4.90 Å². The maximum atomic E-state index is 12.1. The Morgan fingerprint density at radius 2 is 2.00 bits per heavy atom. The maximum absolute atomic E-state index is 12.1. The lowest BCUT2D eigenvalue weighted by Crippen LogP contribution is -2.58. The molecule has 17 heavy (non-hydrogen) atoms. The number of imide groups is 1. The van der Waals surface area contributed by atoms with Gasteiger partial charge in [-0.3, -0.25) is 14.5 Å². The lowest BCUT2D eigenvalue weighted by Gasteiger charge is -2.35. The van der Waals surface area contributed by atoms with Gasteiger partial charge in [0, 0.05) is 0 Å². The number of carbonyl (C=O) groups is 2. The summed E-state index contributed by atoms with van der Waals surface area (Å²) < 4.78 is 5.34. The number of likely N-dealkylation sites (tertiary alicyclic amines) is 1. The van der Waals surface area contributed by atoms with Gasteiger partial charge in [0.05, 0.1) is 11.0 Å². The molecule has 2 saturated heterocycles. The molecule has 6 heteroatoms. The molecule has 0 aromatic carbocycles. The van der Waals surface area contributed by atoms with Gasteiger partial charge >= 0.3 is 0 Å². The van der Waals surface area contributed by atoms with E-state index in [1.54, 1.807) is 0 Å². The van der Waals surface area contributed by atoms with Gasteiger partial charge in [0.2, 0.25) is 0 Å². The van der Waals surface area contributed by atoms with Crippen LogP contribution in [0.1, 0.15) is 32.6 Å². The standard InChI is InChI=1S/C11H16N2O3S/c1-2-3-6(9(12)17)13-10(14)7-4-5-8(16-7)11(13)15/h6-8H,2-5H2,1H3,(H2,12,17). The first-order chi connectivity index (χ1) is 8.06. The molecule has 2 aliphatic heterocycles. The van der Waals surface area contributed by atoms with Crippen molar-refractivity contribution in [2.24, 2.45) is 5.73 Å². The van der Waals surface area contributed by atoms with Gasteiger partial charge in [-0.25, -0.2) is 0 Å². The molecule has 0 spiro atoms. The molecule has 3 unspecified atom stereocenters. The Morgan fingerprint density at radius 1 is 1.47 bits per heavy atom. The molecule has 0 radical (unpaired) electrons. The maximum Gasteiger partial charge on any atom is 0.259 e. The molecular formula is C11H16N2O3S. The Kier molecular flexibility index (Phi) is 3.44. The van der Waals surface area contributed by atoms with Gasteiger partial charge in [0.25, 0.3) is 11.8 Å². The number of amides is 2. The molecule has 0 aliphatic carbocycles. The van der Waals surface area contributed by atoms with Crippen molar-refractivity contribution in [1.82, 2.24) is 4.90 Å². The number of nitrogens with zero attached hydrogens (tertiary/aromatic N) is 1. The van der Waals surface area contributed by atoms with E-state index in [0.29, 0.717) is 19.3 Å². The first kappa shape index (κ1) is 12.4. The Bertz CT molecular complexity index is 350. The average molecular weight is 256 g/mol. The lowest BCUT2D eigenvalue weighted by molar-refractivity contribution is -0.169. The predicted octanol–water partition coefficient (Wildman–Crippen LogP) is 0.358. The molecule has 3 atom stereocenters. The van der Waals surface area contributed by atoms with Crippen molar-refractivity contribution < 1.29 is 14.3 Å².